The van der Waals surface area contributed by atoms with E-state index < -0.39 is 0 Å². The molecule has 0 aliphatic carbocycles. The highest BCUT2D eigenvalue weighted by atomic mass is 19.1. The maximum atomic E-state index is 12.5. The Hall–Kier alpha value is -1.45. The van der Waals surface area contributed by atoms with Gasteiger partial charge < -0.3 is 4.74 Å². The van der Waals surface area contributed by atoms with Crippen LogP contribution in [0.5, 0.6) is 0 Å². The van der Waals surface area contributed by atoms with Crippen molar-refractivity contribution >= 4 is 5.97 Å². The number of aromatic nitrogens is 1. The van der Waals surface area contributed by atoms with Crippen LogP contribution in [0, 0.1) is 5.82 Å². The van der Waals surface area contributed by atoms with Gasteiger partial charge in [0.2, 0.25) is 0 Å². The average molecular weight is 197 g/mol. The van der Waals surface area contributed by atoms with E-state index in [0.29, 0.717) is 18.7 Å². The summed E-state index contributed by atoms with van der Waals surface area (Å²) in [7, 11) is 0. The van der Waals surface area contributed by atoms with E-state index in [1.165, 1.54) is 6.07 Å². The molecule has 14 heavy (non-hydrogen) atoms. The van der Waals surface area contributed by atoms with Gasteiger partial charge in [-0.1, -0.05) is 0 Å². The average Bonchev–Trinajstić information content (AvgIpc) is 2.17. The van der Waals surface area contributed by atoms with Crippen molar-refractivity contribution in [1.82, 2.24) is 4.98 Å². The summed E-state index contributed by atoms with van der Waals surface area (Å²) in [6.45, 7) is 2.14. The van der Waals surface area contributed by atoms with Crippen molar-refractivity contribution in [3.8, 4) is 0 Å². The zero-order chi connectivity index (χ0) is 10.4. The lowest BCUT2D eigenvalue weighted by Gasteiger charge is -2.01. The van der Waals surface area contributed by atoms with Crippen LogP contribution in [0.4, 0.5) is 4.39 Å². The lowest BCUT2D eigenvalue weighted by molar-refractivity contribution is -0.143. The van der Waals surface area contributed by atoms with Crippen LogP contribution < -0.4 is 0 Å². The van der Waals surface area contributed by atoms with E-state index >= 15 is 0 Å². The molecule has 3 nitrogen and oxygen atoms in total. The van der Waals surface area contributed by atoms with Crippen molar-refractivity contribution < 1.29 is 13.9 Å². The minimum Gasteiger partial charge on any atom is -0.466 e. The topological polar surface area (TPSA) is 39.2 Å². The molecule has 0 amide bonds. The van der Waals surface area contributed by atoms with Crippen molar-refractivity contribution in [3.05, 3.63) is 29.8 Å². The Balaban J connectivity index is 2.38. The highest BCUT2D eigenvalue weighted by Crippen LogP contribution is 2.02. The highest BCUT2D eigenvalue weighted by Gasteiger charge is 2.03. The molecule has 0 unspecified atom stereocenters. The molecule has 0 bridgehead atoms. The number of hydrogen-bond donors (Lipinski definition) is 0. The van der Waals surface area contributed by atoms with Gasteiger partial charge >= 0.3 is 5.97 Å². The van der Waals surface area contributed by atoms with Crippen LogP contribution in [0.3, 0.4) is 0 Å². The summed E-state index contributed by atoms with van der Waals surface area (Å²) in [5.74, 6) is -0.622. The first kappa shape index (κ1) is 10.6. The number of carbonyl (C=O) groups is 1. The number of halogens is 1. The smallest absolute Gasteiger partial charge is 0.306 e. The van der Waals surface area contributed by atoms with Crippen molar-refractivity contribution in [3.63, 3.8) is 0 Å². The molecule has 0 aliphatic rings. The Morgan fingerprint density at radius 1 is 1.57 bits per heavy atom. The monoisotopic (exact) mass is 197 g/mol. The van der Waals surface area contributed by atoms with E-state index in [9.17, 15) is 9.18 Å². The van der Waals surface area contributed by atoms with Gasteiger partial charge in [-0.05, 0) is 19.1 Å². The number of nitrogens with zero attached hydrogens (tertiary/aromatic N) is 1. The molecule has 4 heteroatoms. The zero-order valence-corrected chi connectivity index (χ0v) is 8.00. The summed E-state index contributed by atoms with van der Waals surface area (Å²) in [6, 6.07) is 2.89. The van der Waals surface area contributed by atoms with Gasteiger partial charge in [0.1, 0.15) is 5.82 Å². The summed E-state index contributed by atoms with van der Waals surface area (Å²) >= 11 is 0. The SMILES string of the molecule is CCOC(=O)CCc1ccc(F)cn1. The molecule has 1 rings (SSSR count). The summed E-state index contributed by atoms with van der Waals surface area (Å²) < 4.78 is 17.2. The highest BCUT2D eigenvalue weighted by molar-refractivity contribution is 5.69. The molecule has 0 saturated carbocycles. The maximum Gasteiger partial charge on any atom is 0.306 e. The Labute approximate surface area is 81.9 Å². The summed E-state index contributed by atoms with van der Waals surface area (Å²) in [5, 5.41) is 0. The second-order valence-corrected chi connectivity index (χ2v) is 2.77. The van der Waals surface area contributed by atoms with Crippen molar-refractivity contribution in [2.75, 3.05) is 6.61 Å². The number of rotatable bonds is 4. The predicted octanol–water partition coefficient (Wildman–Crippen LogP) is 1.72. The molecule has 1 heterocycles. The molecular weight excluding hydrogens is 185 g/mol. The minimum absolute atomic E-state index is 0.251. The molecule has 1 aromatic rings. The summed E-state index contributed by atoms with van der Waals surface area (Å²) in [5.41, 5.74) is 0.694. The van der Waals surface area contributed by atoms with Crippen LogP contribution in [-0.2, 0) is 16.0 Å². The van der Waals surface area contributed by atoms with Crippen LogP contribution in [0.1, 0.15) is 19.0 Å². The van der Waals surface area contributed by atoms with Gasteiger partial charge in [0.05, 0.1) is 19.2 Å². The molecule has 1 aromatic heterocycles. The Morgan fingerprint density at radius 2 is 2.36 bits per heavy atom. The lowest BCUT2D eigenvalue weighted by Crippen LogP contribution is -2.05. The number of ether oxygens (including phenoxy) is 1. The fourth-order valence-electron chi connectivity index (χ4n) is 1.02. The van der Waals surface area contributed by atoms with Gasteiger partial charge in [-0.2, -0.15) is 0 Å². The molecule has 0 radical (unpaired) electrons. The normalized spacial score (nSPS) is 9.86. The van der Waals surface area contributed by atoms with Gasteiger partial charge in [-0.15, -0.1) is 0 Å². The van der Waals surface area contributed by atoms with E-state index in [-0.39, 0.29) is 18.2 Å². The molecule has 0 spiro atoms. The van der Waals surface area contributed by atoms with Gasteiger partial charge in [0.15, 0.2) is 0 Å². The Morgan fingerprint density at radius 3 is 2.93 bits per heavy atom. The van der Waals surface area contributed by atoms with Crippen LogP contribution in [-0.4, -0.2) is 17.6 Å². The number of esters is 1. The minimum atomic E-state index is -0.370. The summed E-state index contributed by atoms with van der Waals surface area (Å²) in [4.78, 5) is 14.8. The first-order valence-electron chi connectivity index (χ1n) is 4.48. The Bertz CT molecular complexity index is 297. The Kier molecular flexibility index (Phi) is 4.04. The number of carbonyl (C=O) groups excluding carboxylic acids is 1. The fourth-order valence-corrected chi connectivity index (χ4v) is 1.02. The summed E-state index contributed by atoms with van der Waals surface area (Å²) in [6.07, 6.45) is 1.91. The van der Waals surface area contributed by atoms with Gasteiger partial charge in [0.25, 0.3) is 0 Å². The number of aryl methyl sites for hydroxylation is 1. The number of pyridine rings is 1. The van der Waals surface area contributed by atoms with Crippen LogP contribution in [0.2, 0.25) is 0 Å². The zero-order valence-electron chi connectivity index (χ0n) is 8.00. The molecule has 76 valence electrons. The third kappa shape index (κ3) is 3.51. The van der Waals surface area contributed by atoms with Gasteiger partial charge in [-0.25, -0.2) is 4.39 Å². The molecule has 0 fully saturated rings. The maximum absolute atomic E-state index is 12.5. The first-order chi connectivity index (χ1) is 6.72. The third-order valence-electron chi connectivity index (χ3n) is 1.68. The van der Waals surface area contributed by atoms with Crippen LogP contribution in [0.25, 0.3) is 0 Å². The molecular formula is C10H12FNO2. The van der Waals surface area contributed by atoms with Crippen molar-refractivity contribution in [2.45, 2.75) is 19.8 Å². The van der Waals surface area contributed by atoms with E-state index in [2.05, 4.69) is 4.98 Å². The van der Waals surface area contributed by atoms with E-state index in [1.54, 1.807) is 13.0 Å². The van der Waals surface area contributed by atoms with E-state index in [1.807, 2.05) is 0 Å². The second kappa shape index (κ2) is 5.32. The molecule has 0 N–H and O–H groups in total. The standard InChI is InChI=1S/C10H12FNO2/c1-2-14-10(13)6-5-9-4-3-8(11)7-12-9/h3-4,7H,2,5-6H2,1H3. The first-order valence-corrected chi connectivity index (χ1v) is 4.48. The molecule has 0 aliphatic heterocycles. The van der Waals surface area contributed by atoms with Crippen LogP contribution >= 0.6 is 0 Å². The van der Waals surface area contributed by atoms with Crippen LogP contribution in [0.15, 0.2) is 18.3 Å². The lowest BCUT2D eigenvalue weighted by atomic mass is 10.2. The van der Waals surface area contributed by atoms with Gasteiger partial charge in [-0.3, -0.25) is 9.78 Å². The largest absolute Gasteiger partial charge is 0.466 e. The predicted molar refractivity (Wildman–Crippen MR) is 49.1 cm³/mol. The van der Waals surface area contributed by atoms with E-state index in [0.717, 1.165) is 6.20 Å². The number of hydrogen-bond acceptors (Lipinski definition) is 3. The van der Waals surface area contributed by atoms with E-state index in [4.69, 9.17) is 4.74 Å². The molecule has 0 aromatic carbocycles. The molecule has 0 atom stereocenters. The van der Waals surface area contributed by atoms with Gasteiger partial charge in [0, 0.05) is 12.1 Å². The van der Waals surface area contributed by atoms with Crippen molar-refractivity contribution in [2.24, 2.45) is 0 Å². The second-order valence-electron chi connectivity index (χ2n) is 2.77. The van der Waals surface area contributed by atoms with Crippen molar-refractivity contribution in [1.29, 1.82) is 0 Å². The third-order valence-corrected chi connectivity index (χ3v) is 1.68. The molecule has 0 saturated heterocycles. The fraction of sp³-hybridized carbons (Fsp3) is 0.400. The quantitative estimate of drug-likeness (QED) is 0.690.